The number of rotatable bonds is 1. The molecule has 1 aromatic carbocycles. The molecule has 2 aromatic rings. The van der Waals surface area contributed by atoms with Gasteiger partial charge in [0.05, 0.1) is 0 Å². The monoisotopic (exact) mass is 292 g/mol. The highest BCUT2D eigenvalue weighted by molar-refractivity contribution is 9.10. The van der Waals surface area contributed by atoms with E-state index in [4.69, 9.17) is 0 Å². The van der Waals surface area contributed by atoms with E-state index >= 15 is 0 Å². The fraction of sp³-hybridized carbons (Fsp3) is 0.429. The Bertz CT molecular complexity index is 565. The van der Waals surface area contributed by atoms with Gasteiger partial charge in [0.25, 0.3) is 0 Å². The fourth-order valence-corrected chi connectivity index (χ4v) is 3.38. The molecule has 3 rings (SSSR count). The van der Waals surface area contributed by atoms with Crippen molar-refractivity contribution in [3.8, 4) is 0 Å². The topological polar surface area (TPSA) is 17.0 Å². The zero-order valence-electron chi connectivity index (χ0n) is 10.3. The summed E-state index contributed by atoms with van der Waals surface area (Å²) in [7, 11) is 2.18. The highest BCUT2D eigenvalue weighted by atomic mass is 79.9. The van der Waals surface area contributed by atoms with E-state index < -0.39 is 0 Å². The minimum atomic E-state index is 0.533. The van der Waals surface area contributed by atoms with E-state index in [1.165, 1.54) is 35.0 Å². The van der Waals surface area contributed by atoms with Gasteiger partial charge in [-0.3, -0.25) is 0 Å². The molecule has 2 heterocycles. The van der Waals surface area contributed by atoms with Crippen LogP contribution in [0.2, 0.25) is 0 Å². The standard InChI is InChI=1S/C14H17BrN2/c1-9-11-6-5-10(15)8-13(11)17(2)14(9)12-4-3-7-16-12/h5-6,8,12,16H,3-4,7H2,1-2H3. The Balaban J connectivity index is 2.24. The van der Waals surface area contributed by atoms with Gasteiger partial charge in [0.2, 0.25) is 0 Å². The van der Waals surface area contributed by atoms with Crippen molar-refractivity contribution in [2.45, 2.75) is 25.8 Å². The molecule has 1 N–H and O–H groups in total. The number of nitrogens with one attached hydrogen (secondary N) is 1. The molecule has 0 bridgehead atoms. The second-order valence-electron chi connectivity index (χ2n) is 4.88. The van der Waals surface area contributed by atoms with E-state index in [1.807, 2.05) is 0 Å². The molecule has 1 fully saturated rings. The number of hydrogen-bond donors (Lipinski definition) is 1. The second kappa shape index (κ2) is 4.14. The largest absolute Gasteiger partial charge is 0.346 e. The fourth-order valence-electron chi connectivity index (χ4n) is 3.03. The van der Waals surface area contributed by atoms with Gasteiger partial charge in [0, 0.05) is 34.2 Å². The Hall–Kier alpha value is -0.800. The number of benzene rings is 1. The highest BCUT2D eigenvalue weighted by Crippen LogP contribution is 2.33. The summed E-state index contributed by atoms with van der Waals surface area (Å²) in [5.74, 6) is 0. The molecule has 1 atom stereocenters. The summed E-state index contributed by atoms with van der Waals surface area (Å²) in [5.41, 5.74) is 4.20. The van der Waals surface area contributed by atoms with Crippen molar-refractivity contribution < 1.29 is 0 Å². The third kappa shape index (κ3) is 1.72. The van der Waals surface area contributed by atoms with Gasteiger partial charge in [-0.2, -0.15) is 0 Å². The van der Waals surface area contributed by atoms with Crippen molar-refractivity contribution >= 4 is 26.8 Å². The molecule has 1 aliphatic rings. The van der Waals surface area contributed by atoms with Crippen LogP contribution < -0.4 is 5.32 Å². The van der Waals surface area contributed by atoms with Gasteiger partial charge in [-0.05, 0) is 44.0 Å². The molecule has 0 radical (unpaired) electrons. The summed E-state index contributed by atoms with van der Waals surface area (Å²) >= 11 is 3.55. The Morgan fingerprint density at radius 3 is 2.94 bits per heavy atom. The van der Waals surface area contributed by atoms with Crippen molar-refractivity contribution in [3.05, 3.63) is 33.9 Å². The van der Waals surface area contributed by atoms with E-state index in [9.17, 15) is 0 Å². The molecule has 0 saturated carbocycles. The Labute approximate surface area is 110 Å². The van der Waals surface area contributed by atoms with Gasteiger partial charge in [0.1, 0.15) is 0 Å². The van der Waals surface area contributed by atoms with Crippen LogP contribution in [0.1, 0.15) is 30.1 Å². The lowest BCUT2D eigenvalue weighted by molar-refractivity contribution is 0.600. The molecular formula is C14H17BrN2. The predicted molar refractivity (Wildman–Crippen MR) is 75.3 cm³/mol. The number of fused-ring (bicyclic) bond motifs is 1. The highest BCUT2D eigenvalue weighted by Gasteiger charge is 2.23. The first-order chi connectivity index (χ1) is 8.18. The van der Waals surface area contributed by atoms with Gasteiger partial charge in [-0.25, -0.2) is 0 Å². The zero-order valence-corrected chi connectivity index (χ0v) is 11.8. The lowest BCUT2D eigenvalue weighted by Crippen LogP contribution is -2.16. The molecular weight excluding hydrogens is 276 g/mol. The van der Waals surface area contributed by atoms with E-state index in [2.05, 4.69) is 58.0 Å². The number of halogens is 1. The lowest BCUT2D eigenvalue weighted by atomic mass is 10.1. The molecule has 2 nitrogen and oxygen atoms in total. The van der Waals surface area contributed by atoms with Crippen LogP contribution in [0.4, 0.5) is 0 Å². The van der Waals surface area contributed by atoms with E-state index in [-0.39, 0.29) is 0 Å². The number of hydrogen-bond acceptors (Lipinski definition) is 1. The minimum Gasteiger partial charge on any atom is -0.346 e. The van der Waals surface area contributed by atoms with Crippen LogP contribution in [0.15, 0.2) is 22.7 Å². The molecule has 0 amide bonds. The van der Waals surface area contributed by atoms with Crippen molar-refractivity contribution in [2.24, 2.45) is 7.05 Å². The third-order valence-electron chi connectivity index (χ3n) is 3.86. The average Bonchev–Trinajstić information content (AvgIpc) is 2.88. The second-order valence-corrected chi connectivity index (χ2v) is 5.80. The van der Waals surface area contributed by atoms with Gasteiger partial charge in [0.15, 0.2) is 0 Å². The molecule has 0 aliphatic carbocycles. The normalized spacial score (nSPS) is 20.3. The first-order valence-electron chi connectivity index (χ1n) is 6.16. The van der Waals surface area contributed by atoms with E-state index in [0.29, 0.717) is 6.04 Å². The van der Waals surface area contributed by atoms with Crippen LogP contribution in [-0.2, 0) is 7.05 Å². The van der Waals surface area contributed by atoms with Crippen molar-refractivity contribution in [1.82, 2.24) is 9.88 Å². The summed E-state index contributed by atoms with van der Waals surface area (Å²) in [5, 5.41) is 4.97. The molecule has 1 aromatic heterocycles. The van der Waals surface area contributed by atoms with Gasteiger partial charge in [-0.15, -0.1) is 0 Å². The van der Waals surface area contributed by atoms with Crippen LogP contribution in [0.5, 0.6) is 0 Å². The Morgan fingerprint density at radius 2 is 2.24 bits per heavy atom. The zero-order chi connectivity index (χ0) is 12.0. The molecule has 1 unspecified atom stereocenters. The van der Waals surface area contributed by atoms with Crippen LogP contribution in [0.3, 0.4) is 0 Å². The van der Waals surface area contributed by atoms with Crippen LogP contribution in [0, 0.1) is 6.92 Å². The van der Waals surface area contributed by atoms with Crippen molar-refractivity contribution in [2.75, 3.05) is 6.54 Å². The van der Waals surface area contributed by atoms with E-state index in [1.54, 1.807) is 0 Å². The SMILES string of the molecule is Cc1c(C2CCCN2)n(C)c2cc(Br)ccc12. The lowest BCUT2D eigenvalue weighted by Gasteiger charge is -2.13. The Kier molecular flexibility index (Phi) is 2.75. The number of nitrogens with zero attached hydrogens (tertiary/aromatic N) is 1. The Morgan fingerprint density at radius 1 is 1.41 bits per heavy atom. The van der Waals surface area contributed by atoms with E-state index in [0.717, 1.165) is 11.0 Å². The third-order valence-corrected chi connectivity index (χ3v) is 4.35. The smallest absolute Gasteiger partial charge is 0.0494 e. The van der Waals surface area contributed by atoms with Crippen molar-refractivity contribution in [3.63, 3.8) is 0 Å². The molecule has 1 aliphatic heterocycles. The molecule has 17 heavy (non-hydrogen) atoms. The first-order valence-corrected chi connectivity index (χ1v) is 6.95. The van der Waals surface area contributed by atoms with Crippen molar-refractivity contribution in [1.29, 1.82) is 0 Å². The summed E-state index contributed by atoms with van der Waals surface area (Å²) in [6.45, 7) is 3.39. The first kappa shape index (κ1) is 11.3. The number of aryl methyl sites for hydroxylation is 2. The maximum atomic E-state index is 3.60. The summed E-state index contributed by atoms with van der Waals surface area (Å²) in [4.78, 5) is 0. The molecule has 1 saturated heterocycles. The van der Waals surface area contributed by atoms with Crippen LogP contribution >= 0.6 is 15.9 Å². The quantitative estimate of drug-likeness (QED) is 0.849. The minimum absolute atomic E-state index is 0.533. The molecule has 3 heteroatoms. The van der Waals surface area contributed by atoms with Gasteiger partial charge in [-0.1, -0.05) is 22.0 Å². The van der Waals surface area contributed by atoms with Crippen LogP contribution in [0.25, 0.3) is 10.9 Å². The summed E-state index contributed by atoms with van der Waals surface area (Å²) in [6.07, 6.45) is 2.54. The number of aromatic nitrogens is 1. The van der Waals surface area contributed by atoms with Gasteiger partial charge < -0.3 is 9.88 Å². The molecule has 90 valence electrons. The summed E-state index contributed by atoms with van der Waals surface area (Å²) in [6, 6.07) is 7.08. The maximum Gasteiger partial charge on any atom is 0.0494 e. The van der Waals surface area contributed by atoms with Gasteiger partial charge >= 0.3 is 0 Å². The molecule has 0 spiro atoms. The summed E-state index contributed by atoms with van der Waals surface area (Å²) < 4.78 is 3.50. The maximum absolute atomic E-state index is 3.60. The van der Waals surface area contributed by atoms with Crippen LogP contribution in [-0.4, -0.2) is 11.1 Å². The predicted octanol–water partition coefficient (Wildman–Crippen LogP) is 3.67. The average molecular weight is 293 g/mol.